The first-order valence-corrected chi connectivity index (χ1v) is 5.77. The summed E-state index contributed by atoms with van der Waals surface area (Å²) in [5.74, 6) is 1.10. The number of nitrogens with two attached hydrogens (primary N) is 1. The molecular formula is C12H21N5. The van der Waals surface area contributed by atoms with Crippen molar-refractivity contribution in [2.24, 2.45) is 18.7 Å². The van der Waals surface area contributed by atoms with Gasteiger partial charge in [-0.05, 0) is 19.8 Å². The average Bonchev–Trinajstić information content (AvgIpc) is 2.53. The predicted octanol–water partition coefficient (Wildman–Crippen LogP) is 1.39. The van der Waals surface area contributed by atoms with Crippen LogP contribution in [0.15, 0.2) is 0 Å². The van der Waals surface area contributed by atoms with Crippen LogP contribution in [0.4, 0.5) is 5.82 Å². The van der Waals surface area contributed by atoms with Gasteiger partial charge < -0.3 is 11.1 Å². The highest BCUT2D eigenvalue weighted by molar-refractivity contribution is 5.56. The van der Waals surface area contributed by atoms with Crippen LogP contribution in [0.3, 0.4) is 0 Å². The fourth-order valence-electron chi connectivity index (χ4n) is 1.64. The van der Waals surface area contributed by atoms with Crippen molar-refractivity contribution in [1.82, 2.24) is 9.78 Å². The summed E-state index contributed by atoms with van der Waals surface area (Å²) in [5, 5.41) is 16.8. The van der Waals surface area contributed by atoms with Gasteiger partial charge >= 0.3 is 0 Å². The van der Waals surface area contributed by atoms with E-state index in [1.165, 1.54) is 0 Å². The highest BCUT2D eigenvalue weighted by Crippen LogP contribution is 2.25. The van der Waals surface area contributed by atoms with E-state index in [4.69, 9.17) is 11.0 Å². The number of anilines is 1. The van der Waals surface area contributed by atoms with Gasteiger partial charge in [0.1, 0.15) is 17.5 Å². The Bertz CT molecular complexity index is 440. The molecule has 1 aromatic heterocycles. The Morgan fingerprint density at radius 1 is 1.59 bits per heavy atom. The summed E-state index contributed by atoms with van der Waals surface area (Å²) >= 11 is 0. The van der Waals surface area contributed by atoms with Crippen molar-refractivity contribution in [1.29, 1.82) is 5.26 Å². The predicted molar refractivity (Wildman–Crippen MR) is 68.6 cm³/mol. The minimum absolute atomic E-state index is 0.244. The van der Waals surface area contributed by atoms with Gasteiger partial charge in [0.05, 0.1) is 11.2 Å². The number of nitriles is 1. The minimum atomic E-state index is -0.244. The average molecular weight is 235 g/mol. The summed E-state index contributed by atoms with van der Waals surface area (Å²) in [6, 6.07) is 2.18. The molecule has 0 spiro atoms. The summed E-state index contributed by atoms with van der Waals surface area (Å²) in [4.78, 5) is 0. The fraction of sp³-hybridized carbons (Fsp3) is 0.667. The molecule has 17 heavy (non-hydrogen) atoms. The van der Waals surface area contributed by atoms with Crippen LogP contribution in [-0.4, -0.2) is 21.9 Å². The molecule has 0 radical (unpaired) electrons. The molecule has 0 aliphatic heterocycles. The first-order valence-electron chi connectivity index (χ1n) is 5.77. The second kappa shape index (κ2) is 4.76. The maximum absolute atomic E-state index is 9.15. The topological polar surface area (TPSA) is 79.7 Å². The highest BCUT2D eigenvalue weighted by atomic mass is 15.3. The van der Waals surface area contributed by atoms with Crippen LogP contribution in [0.2, 0.25) is 0 Å². The van der Waals surface area contributed by atoms with E-state index < -0.39 is 0 Å². The number of aromatic nitrogens is 2. The molecule has 0 amide bonds. The first-order chi connectivity index (χ1) is 7.85. The van der Waals surface area contributed by atoms with Gasteiger partial charge in [0.15, 0.2) is 0 Å². The Balaban J connectivity index is 3.15. The molecule has 94 valence electrons. The quantitative estimate of drug-likeness (QED) is 0.826. The molecule has 1 unspecified atom stereocenters. The molecule has 1 aromatic rings. The summed E-state index contributed by atoms with van der Waals surface area (Å²) in [6.45, 7) is 8.60. The molecule has 1 atom stereocenters. The Hall–Kier alpha value is -1.54. The van der Waals surface area contributed by atoms with Crippen molar-refractivity contribution < 1.29 is 0 Å². The molecule has 1 rings (SSSR count). The number of hydrogen-bond donors (Lipinski definition) is 2. The van der Waals surface area contributed by atoms with Gasteiger partial charge in [-0.2, -0.15) is 10.4 Å². The van der Waals surface area contributed by atoms with Gasteiger partial charge in [-0.3, -0.25) is 4.68 Å². The standard InChI is InChI=1S/C12H21N5/c1-8(2)12(4,7-14)15-11-10(6-13)9(3)16-17(11)5/h8,15H,7,14H2,1-5H3. The summed E-state index contributed by atoms with van der Waals surface area (Å²) in [6.07, 6.45) is 0. The third kappa shape index (κ3) is 2.42. The number of rotatable bonds is 4. The molecule has 1 heterocycles. The number of nitrogens with zero attached hydrogens (tertiary/aromatic N) is 3. The summed E-state index contributed by atoms with van der Waals surface area (Å²) < 4.78 is 1.70. The fourth-order valence-corrected chi connectivity index (χ4v) is 1.64. The van der Waals surface area contributed by atoms with E-state index in [1.54, 1.807) is 4.68 Å². The lowest BCUT2D eigenvalue weighted by atomic mass is 9.88. The molecule has 0 fully saturated rings. The Kier molecular flexibility index (Phi) is 3.79. The van der Waals surface area contributed by atoms with Crippen molar-refractivity contribution >= 4 is 5.82 Å². The maximum Gasteiger partial charge on any atom is 0.142 e. The molecule has 0 aliphatic carbocycles. The number of hydrogen-bond acceptors (Lipinski definition) is 4. The van der Waals surface area contributed by atoms with Crippen LogP contribution in [0.5, 0.6) is 0 Å². The largest absolute Gasteiger partial charge is 0.362 e. The van der Waals surface area contributed by atoms with E-state index in [0.29, 0.717) is 18.0 Å². The lowest BCUT2D eigenvalue weighted by Crippen LogP contribution is -2.47. The monoisotopic (exact) mass is 235 g/mol. The third-order valence-corrected chi connectivity index (χ3v) is 3.44. The van der Waals surface area contributed by atoms with Crippen LogP contribution in [-0.2, 0) is 7.05 Å². The zero-order valence-corrected chi connectivity index (χ0v) is 11.2. The molecule has 0 saturated carbocycles. The van der Waals surface area contributed by atoms with Gasteiger partial charge in [-0.25, -0.2) is 0 Å². The van der Waals surface area contributed by atoms with Crippen LogP contribution < -0.4 is 11.1 Å². The van der Waals surface area contributed by atoms with E-state index in [2.05, 4.69) is 37.3 Å². The summed E-state index contributed by atoms with van der Waals surface area (Å²) in [5.41, 5.74) is 6.91. The molecule has 3 N–H and O–H groups in total. The van der Waals surface area contributed by atoms with E-state index in [-0.39, 0.29) is 5.54 Å². The lowest BCUT2D eigenvalue weighted by Gasteiger charge is -2.34. The normalized spacial score (nSPS) is 14.5. The smallest absolute Gasteiger partial charge is 0.142 e. The SMILES string of the molecule is Cc1nn(C)c(NC(C)(CN)C(C)C)c1C#N. The van der Waals surface area contributed by atoms with E-state index >= 15 is 0 Å². The molecule has 5 heteroatoms. The maximum atomic E-state index is 9.15. The third-order valence-electron chi connectivity index (χ3n) is 3.44. The Morgan fingerprint density at radius 3 is 2.59 bits per heavy atom. The van der Waals surface area contributed by atoms with Gasteiger partial charge in [-0.1, -0.05) is 13.8 Å². The minimum Gasteiger partial charge on any atom is -0.362 e. The molecule has 0 saturated heterocycles. The lowest BCUT2D eigenvalue weighted by molar-refractivity contribution is 0.379. The first kappa shape index (κ1) is 13.5. The second-order valence-electron chi connectivity index (χ2n) is 4.95. The molecule has 0 aromatic carbocycles. The van der Waals surface area contributed by atoms with Gasteiger partial charge in [-0.15, -0.1) is 0 Å². The van der Waals surface area contributed by atoms with Crippen molar-refractivity contribution in [3.05, 3.63) is 11.3 Å². The van der Waals surface area contributed by atoms with Crippen molar-refractivity contribution in [2.75, 3.05) is 11.9 Å². The molecular weight excluding hydrogens is 214 g/mol. The molecule has 0 bridgehead atoms. The molecule has 0 aliphatic rings. The van der Waals surface area contributed by atoms with E-state index in [0.717, 1.165) is 11.5 Å². The number of aryl methyl sites for hydroxylation is 2. The highest BCUT2D eigenvalue weighted by Gasteiger charge is 2.29. The van der Waals surface area contributed by atoms with Gasteiger partial charge in [0, 0.05) is 13.6 Å². The van der Waals surface area contributed by atoms with Crippen LogP contribution in [0.25, 0.3) is 0 Å². The van der Waals surface area contributed by atoms with Crippen LogP contribution in [0, 0.1) is 24.2 Å². The van der Waals surface area contributed by atoms with Crippen molar-refractivity contribution in [2.45, 2.75) is 33.2 Å². The van der Waals surface area contributed by atoms with E-state index in [9.17, 15) is 0 Å². The van der Waals surface area contributed by atoms with E-state index in [1.807, 2.05) is 14.0 Å². The zero-order valence-electron chi connectivity index (χ0n) is 11.2. The van der Waals surface area contributed by atoms with Crippen LogP contribution >= 0.6 is 0 Å². The Labute approximate surface area is 103 Å². The second-order valence-corrected chi connectivity index (χ2v) is 4.95. The van der Waals surface area contributed by atoms with Crippen molar-refractivity contribution in [3.8, 4) is 6.07 Å². The summed E-state index contributed by atoms with van der Waals surface area (Å²) in [7, 11) is 1.83. The zero-order chi connectivity index (χ0) is 13.2. The van der Waals surface area contributed by atoms with Gasteiger partial charge in [0.25, 0.3) is 0 Å². The molecule has 5 nitrogen and oxygen atoms in total. The van der Waals surface area contributed by atoms with Crippen molar-refractivity contribution in [3.63, 3.8) is 0 Å². The Morgan fingerprint density at radius 2 is 2.18 bits per heavy atom. The van der Waals surface area contributed by atoms with Crippen LogP contribution in [0.1, 0.15) is 32.0 Å². The number of nitrogens with one attached hydrogen (secondary N) is 1. The van der Waals surface area contributed by atoms with Gasteiger partial charge in [0.2, 0.25) is 0 Å².